The topological polar surface area (TPSA) is 39.7 Å². The Balaban J connectivity index is 1.54. The van der Waals surface area contributed by atoms with Gasteiger partial charge in [0.15, 0.2) is 5.96 Å². The van der Waals surface area contributed by atoms with Crippen molar-refractivity contribution >= 4 is 5.96 Å². The molecule has 0 radical (unpaired) electrons. The maximum atomic E-state index is 4.89. The highest BCUT2D eigenvalue weighted by Crippen LogP contribution is 2.47. The molecule has 1 aromatic carbocycles. The highest BCUT2D eigenvalue weighted by Gasteiger charge is 2.38. The van der Waals surface area contributed by atoms with Crippen LogP contribution in [-0.4, -0.2) is 49.1 Å². The fourth-order valence-corrected chi connectivity index (χ4v) is 3.88. The smallest absolute Gasteiger partial charge is 0.191 e. The van der Waals surface area contributed by atoms with E-state index in [9.17, 15) is 0 Å². The standard InChI is InChI=1S/C21H34N4/c1-5-22-21(24-20-14-25(15(2)3)13-16(20)4)23-12-18-11-19(18)17-9-7-6-8-10-17/h6-10,15-16,18-20H,5,11-14H2,1-4H3,(H2,22,23,24). The van der Waals surface area contributed by atoms with Gasteiger partial charge in [0.25, 0.3) is 0 Å². The van der Waals surface area contributed by atoms with Crippen LogP contribution in [0.25, 0.3) is 0 Å². The summed E-state index contributed by atoms with van der Waals surface area (Å²) in [6.45, 7) is 13.2. The first kappa shape index (κ1) is 18.2. The highest BCUT2D eigenvalue weighted by atomic mass is 15.3. The van der Waals surface area contributed by atoms with Crippen LogP contribution in [0.2, 0.25) is 0 Å². The van der Waals surface area contributed by atoms with Crippen LogP contribution >= 0.6 is 0 Å². The van der Waals surface area contributed by atoms with Gasteiger partial charge >= 0.3 is 0 Å². The van der Waals surface area contributed by atoms with Crippen LogP contribution in [0.1, 0.15) is 45.6 Å². The van der Waals surface area contributed by atoms with Gasteiger partial charge in [0.1, 0.15) is 0 Å². The zero-order valence-electron chi connectivity index (χ0n) is 16.2. The first-order valence-corrected chi connectivity index (χ1v) is 9.92. The number of hydrogen-bond donors (Lipinski definition) is 2. The van der Waals surface area contributed by atoms with Crippen molar-refractivity contribution in [3.63, 3.8) is 0 Å². The summed E-state index contributed by atoms with van der Waals surface area (Å²) in [5, 5.41) is 7.12. The van der Waals surface area contributed by atoms with E-state index in [2.05, 4.69) is 73.6 Å². The summed E-state index contributed by atoms with van der Waals surface area (Å²) < 4.78 is 0. The van der Waals surface area contributed by atoms with Gasteiger partial charge < -0.3 is 10.6 Å². The van der Waals surface area contributed by atoms with Crippen molar-refractivity contribution in [1.29, 1.82) is 0 Å². The molecule has 0 bridgehead atoms. The number of guanidine groups is 1. The maximum absolute atomic E-state index is 4.89. The van der Waals surface area contributed by atoms with Crippen LogP contribution in [0.4, 0.5) is 0 Å². The predicted octanol–water partition coefficient (Wildman–Crippen LogP) is 3.07. The molecule has 1 aliphatic carbocycles. The minimum absolute atomic E-state index is 0.490. The lowest BCUT2D eigenvalue weighted by molar-refractivity contribution is 0.265. The number of nitrogens with zero attached hydrogens (tertiary/aromatic N) is 2. The maximum Gasteiger partial charge on any atom is 0.191 e. The zero-order valence-corrected chi connectivity index (χ0v) is 16.2. The highest BCUT2D eigenvalue weighted by molar-refractivity contribution is 5.80. The Kier molecular flexibility index (Phi) is 6.00. The second-order valence-electron chi connectivity index (χ2n) is 8.01. The Morgan fingerprint density at radius 3 is 2.64 bits per heavy atom. The summed E-state index contributed by atoms with van der Waals surface area (Å²) >= 11 is 0. The van der Waals surface area contributed by atoms with Gasteiger partial charge in [-0.3, -0.25) is 9.89 Å². The van der Waals surface area contributed by atoms with Gasteiger partial charge in [0, 0.05) is 38.3 Å². The summed E-state index contributed by atoms with van der Waals surface area (Å²) in [5.41, 5.74) is 1.47. The van der Waals surface area contributed by atoms with E-state index in [-0.39, 0.29) is 0 Å². The Bertz CT molecular complexity index is 569. The first-order valence-electron chi connectivity index (χ1n) is 9.92. The second-order valence-corrected chi connectivity index (χ2v) is 8.01. The molecule has 1 aromatic rings. The normalized spacial score (nSPS) is 29.9. The predicted molar refractivity (Wildman–Crippen MR) is 106 cm³/mol. The Hall–Kier alpha value is -1.55. The fraction of sp³-hybridized carbons (Fsp3) is 0.667. The molecule has 0 aromatic heterocycles. The Morgan fingerprint density at radius 1 is 1.24 bits per heavy atom. The van der Waals surface area contributed by atoms with Gasteiger partial charge in [-0.1, -0.05) is 37.3 Å². The number of aliphatic imine (C=N–C) groups is 1. The summed E-state index contributed by atoms with van der Waals surface area (Å²) in [6, 6.07) is 12.0. The summed E-state index contributed by atoms with van der Waals surface area (Å²) in [6.07, 6.45) is 1.27. The summed E-state index contributed by atoms with van der Waals surface area (Å²) in [7, 11) is 0. The van der Waals surface area contributed by atoms with Crippen LogP contribution < -0.4 is 10.6 Å². The van der Waals surface area contributed by atoms with Gasteiger partial charge in [-0.2, -0.15) is 0 Å². The first-order chi connectivity index (χ1) is 12.1. The minimum atomic E-state index is 0.490. The van der Waals surface area contributed by atoms with Gasteiger partial charge in [0.2, 0.25) is 0 Å². The van der Waals surface area contributed by atoms with Crippen LogP contribution in [0, 0.1) is 11.8 Å². The quantitative estimate of drug-likeness (QED) is 0.616. The molecule has 1 saturated carbocycles. The van der Waals surface area contributed by atoms with Gasteiger partial charge in [-0.25, -0.2) is 0 Å². The van der Waals surface area contributed by atoms with E-state index in [4.69, 9.17) is 4.99 Å². The van der Waals surface area contributed by atoms with E-state index in [1.54, 1.807) is 0 Å². The van der Waals surface area contributed by atoms with Crippen molar-refractivity contribution in [2.75, 3.05) is 26.2 Å². The molecule has 4 atom stereocenters. The molecule has 138 valence electrons. The van der Waals surface area contributed by atoms with Crippen molar-refractivity contribution in [1.82, 2.24) is 15.5 Å². The van der Waals surface area contributed by atoms with Gasteiger partial charge in [-0.15, -0.1) is 0 Å². The lowest BCUT2D eigenvalue weighted by Gasteiger charge is -2.22. The number of benzene rings is 1. The number of likely N-dealkylation sites (tertiary alicyclic amines) is 1. The van der Waals surface area contributed by atoms with E-state index in [1.807, 2.05) is 0 Å². The van der Waals surface area contributed by atoms with Crippen LogP contribution in [0.3, 0.4) is 0 Å². The molecule has 1 heterocycles. The molecule has 2 N–H and O–H groups in total. The third kappa shape index (κ3) is 4.75. The van der Waals surface area contributed by atoms with E-state index in [0.29, 0.717) is 29.8 Å². The SMILES string of the molecule is CCNC(=NCC1CC1c1ccccc1)NC1CN(C(C)C)CC1C. The van der Waals surface area contributed by atoms with Crippen molar-refractivity contribution in [2.45, 2.75) is 52.1 Å². The van der Waals surface area contributed by atoms with E-state index < -0.39 is 0 Å². The lowest BCUT2D eigenvalue weighted by Crippen LogP contribution is -2.47. The molecule has 25 heavy (non-hydrogen) atoms. The third-order valence-electron chi connectivity index (χ3n) is 5.67. The molecule has 4 unspecified atom stereocenters. The lowest BCUT2D eigenvalue weighted by atomic mass is 10.1. The van der Waals surface area contributed by atoms with Crippen molar-refractivity contribution in [3.8, 4) is 0 Å². The Labute approximate surface area is 153 Å². The van der Waals surface area contributed by atoms with Crippen molar-refractivity contribution < 1.29 is 0 Å². The number of rotatable bonds is 6. The molecule has 0 amide bonds. The Morgan fingerprint density at radius 2 is 2.00 bits per heavy atom. The van der Waals surface area contributed by atoms with E-state index >= 15 is 0 Å². The second kappa shape index (κ2) is 8.22. The van der Waals surface area contributed by atoms with E-state index in [0.717, 1.165) is 25.6 Å². The molecular weight excluding hydrogens is 308 g/mol. The number of hydrogen-bond acceptors (Lipinski definition) is 2. The fourth-order valence-electron chi connectivity index (χ4n) is 3.88. The van der Waals surface area contributed by atoms with Crippen molar-refractivity contribution in [2.24, 2.45) is 16.8 Å². The molecule has 1 aliphatic heterocycles. The molecule has 1 saturated heterocycles. The monoisotopic (exact) mass is 342 g/mol. The average molecular weight is 343 g/mol. The summed E-state index contributed by atoms with van der Waals surface area (Å²) in [4.78, 5) is 7.45. The van der Waals surface area contributed by atoms with Crippen LogP contribution in [0.5, 0.6) is 0 Å². The third-order valence-corrected chi connectivity index (χ3v) is 5.67. The van der Waals surface area contributed by atoms with Gasteiger partial charge in [-0.05, 0) is 50.5 Å². The zero-order chi connectivity index (χ0) is 17.8. The molecule has 2 fully saturated rings. The molecular formula is C21H34N4. The minimum Gasteiger partial charge on any atom is -0.357 e. The molecule has 4 heteroatoms. The van der Waals surface area contributed by atoms with Crippen molar-refractivity contribution in [3.05, 3.63) is 35.9 Å². The molecule has 2 aliphatic rings. The van der Waals surface area contributed by atoms with Gasteiger partial charge in [0.05, 0.1) is 0 Å². The molecule has 3 rings (SSSR count). The average Bonchev–Trinajstić information content (AvgIpc) is 3.29. The number of nitrogens with one attached hydrogen (secondary N) is 2. The largest absolute Gasteiger partial charge is 0.357 e. The summed E-state index contributed by atoms with van der Waals surface area (Å²) in [5.74, 6) is 3.05. The van der Waals surface area contributed by atoms with Crippen LogP contribution in [-0.2, 0) is 0 Å². The van der Waals surface area contributed by atoms with Crippen LogP contribution in [0.15, 0.2) is 35.3 Å². The molecule has 4 nitrogen and oxygen atoms in total. The molecule has 0 spiro atoms. The van der Waals surface area contributed by atoms with E-state index in [1.165, 1.54) is 18.5 Å².